The minimum atomic E-state index is -0.0118. The Kier molecular flexibility index (Phi) is 10.1. The average molecular weight is 742 g/mol. The largest absolute Gasteiger partial charge is 0.356 e. The highest BCUT2D eigenvalue weighted by atomic mass is 14.9. The van der Waals surface area contributed by atoms with Gasteiger partial charge in [-0.3, -0.25) is 0 Å². The molecule has 0 heterocycles. The highest BCUT2D eigenvalue weighted by Crippen LogP contribution is 2.54. The molecule has 2 atom stereocenters. The van der Waals surface area contributed by atoms with Crippen LogP contribution >= 0.6 is 0 Å². The topological polar surface area (TPSA) is 12.0 Å². The van der Waals surface area contributed by atoms with Gasteiger partial charge in [0.1, 0.15) is 0 Å². The first-order valence-corrected chi connectivity index (χ1v) is 20.6. The summed E-state index contributed by atoms with van der Waals surface area (Å²) < 4.78 is 0. The third kappa shape index (κ3) is 6.84. The van der Waals surface area contributed by atoms with Crippen molar-refractivity contribution in [3.63, 3.8) is 0 Å². The summed E-state index contributed by atoms with van der Waals surface area (Å²) in [5.74, 6) is 0.875. The molecule has 5 aromatic rings. The number of hydrogen-bond acceptors (Lipinski definition) is 1. The van der Waals surface area contributed by atoms with Crippen molar-refractivity contribution in [2.75, 3.05) is 5.32 Å². The fourth-order valence-electron chi connectivity index (χ4n) is 9.64. The maximum Gasteiger partial charge on any atom is 0.0387 e. The van der Waals surface area contributed by atoms with Crippen molar-refractivity contribution < 1.29 is 0 Å². The molecule has 0 fully saturated rings. The van der Waals surface area contributed by atoms with Crippen molar-refractivity contribution in [3.8, 4) is 22.3 Å². The van der Waals surface area contributed by atoms with Crippen molar-refractivity contribution in [3.05, 3.63) is 221 Å². The average Bonchev–Trinajstić information content (AvgIpc) is 3.60. The minimum absolute atomic E-state index is 0.0118. The molecule has 284 valence electrons. The molecule has 0 bridgehead atoms. The van der Waals surface area contributed by atoms with E-state index in [2.05, 4.69) is 212 Å². The maximum atomic E-state index is 3.96. The van der Waals surface area contributed by atoms with Gasteiger partial charge in [-0.05, 0) is 123 Å². The van der Waals surface area contributed by atoms with Crippen LogP contribution in [0.3, 0.4) is 0 Å². The second kappa shape index (κ2) is 15.2. The molecule has 4 aliphatic rings. The Hall–Kier alpha value is -5.92. The predicted molar refractivity (Wildman–Crippen MR) is 247 cm³/mol. The van der Waals surface area contributed by atoms with Crippen LogP contribution in [0.1, 0.15) is 104 Å². The predicted octanol–water partition coefficient (Wildman–Crippen LogP) is 15.2. The van der Waals surface area contributed by atoms with Crippen LogP contribution in [0, 0.1) is 6.92 Å². The van der Waals surface area contributed by atoms with E-state index in [-0.39, 0.29) is 10.8 Å². The molecule has 0 aliphatic heterocycles. The number of anilines is 1. The Labute approximate surface area is 341 Å². The van der Waals surface area contributed by atoms with Crippen molar-refractivity contribution in [2.45, 2.75) is 77.0 Å². The van der Waals surface area contributed by atoms with E-state index in [1.807, 2.05) is 0 Å². The first kappa shape index (κ1) is 38.0. The summed E-state index contributed by atoms with van der Waals surface area (Å²) in [7, 11) is 0. The zero-order valence-corrected chi connectivity index (χ0v) is 34.5. The maximum absolute atomic E-state index is 3.96. The molecule has 0 spiro atoms. The van der Waals surface area contributed by atoms with Crippen LogP contribution in [0.2, 0.25) is 0 Å². The Bertz CT molecular complexity index is 2560. The summed E-state index contributed by atoms with van der Waals surface area (Å²) >= 11 is 0. The van der Waals surface area contributed by atoms with E-state index in [1.165, 1.54) is 77.9 Å². The summed E-state index contributed by atoms with van der Waals surface area (Å²) in [6.45, 7) is 21.4. The monoisotopic (exact) mass is 741 g/mol. The summed E-state index contributed by atoms with van der Waals surface area (Å²) in [5, 5.41) is 3.32. The van der Waals surface area contributed by atoms with Crippen LogP contribution in [0.25, 0.3) is 33.9 Å². The number of fused-ring (bicyclic) bond motifs is 6. The molecule has 1 heteroatoms. The summed E-state index contributed by atoms with van der Waals surface area (Å²) in [4.78, 5) is 0. The number of benzene rings is 5. The molecule has 1 nitrogen and oxygen atoms in total. The SMILES string of the molecule is C/C=C/c1c(-c2ccccc2C)cccc1C1C=C2C(=CC1)c1ccccc1C2(C)C.C=CC(=C)Nc1ccc2c(c1)C(C)(C)c1cc(C3C=CC=CC3)ccc1-2. The van der Waals surface area contributed by atoms with E-state index in [0.717, 1.165) is 24.2 Å². The van der Waals surface area contributed by atoms with Crippen LogP contribution in [-0.4, -0.2) is 0 Å². The van der Waals surface area contributed by atoms with Crippen LogP contribution in [-0.2, 0) is 10.8 Å². The Balaban J connectivity index is 0.000000162. The normalized spacial score (nSPS) is 19.0. The van der Waals surface area contributed by atoms with Gasteiger partial charge in [-0.2, -0.15) is 0 Å². The van der Waals surface area contributed by atoms with Crippen molar-refractivity contribution in [1.29, 1.82) is 0 Å². The van der Waals surface area contributed by atoms with E-state index in [9.17, 15) is 0 Å². The van der Waals surface area contributed by atoms with Crippen molar-refractivity contribution in [1.82, 2.24) is 0 Å². The Morgan fingerprint density at radius 1 is 0.702 bits per heavy atom. The van der Waals surface area contributed by atoms with E-state index in [1.54, 1.807) is 6.08 Å². The van der Waals surface area contributed by atoms with Gasteiger partial charge in [-0.1, -0.05) is 180 Å². The van der Waals surface area contributed by atoms with E-state index < -0.39 is 0 Å². The van der Waals surface area contributed by atoms with Gasteiger partial charge in [-0.15, -0.1) is 0 Å². The third-order valence-corrected chi connectivity index (χ3v) is 12.8. The zero-order chi connectivity index (χ0) is 39.9. The van der Waals surface area contributed by atoms with Crippen LogP contribution in [0.5, 0.6) is 0 Å². The fourth-order valence-corrected chi connectivity index (χ4v) is 9.64. The molecule has 4 aliphatic carbocycles. The summed E-state index contributed by atoms with van der Waals surface area (Å²) in [6, 6.07) is 38.1. The van der Waals surface area contributed by atoms with Crippen LogP contribution in [0.15, 0.2) is 176 Å². The van der Waals surface area contributed by atoms with Crippen molar-refractivity contribution >= 4 is 17.3 Å². The number of hydrogen-bond donors (Lipinski definition) is 1. The van der Waals surface area contributed by atoms with Crippen molar-refractivity contribution in [2.24, 2.45) is 0 Å². The molecule has 9 rings (SSSR count). The third-order valence-electron chi connectivity index (χ3n) is 12.8. The fraction of sp³-hybridized carbons (Fsp3) is 0.214. The number of allylic oxidation sites excluding steroid dienone is 10. The highest BCUT2D eigenvalue weighted by molar-refractivity contribution is 5.91. The van der Waals surface area contributed by atoms with Gasteiger partial charge in [-0.25, -0.2) is 0 Å². The quantitative estimate of drug-likeness (QED) is 0.164. The second-order valence-corrected chi connectivity index (χ2v) is 17.0. The molecule has 5 aromatic carbocycles. The Morgan fingerprint density at radius 3 is 2.16 bits per heavy atom. The molecular formula is C56H55N. The lowest BCUT2D eigenvalue weighted by molar-refractivity contribution is 0.648. The smallest absolute Gasteiger partial charge is 0.0387 e. The first-order valence-electron chi connectivity index (χ1n) is 20.6. The van der Waals surface area contributed by atoms with E-state index >= 15 is 0 Å². The van der Waals surface area contributed by atoms with Gasteiger partial charge in [0.25, 0.3) is 0 Å². The van der Waals surface area contributed by atoms with Gasteiger partial charge >= 0.3 is 0 Å². The minimum Gasteiger partial charge on any atom is -0.356 e. The van der Waals surface area contributed by atoms with Crippen LogP contribution in [0.4, 0.5) is 5.69 Å². The molecule has 0 amide bonds. The molecule has 0 saturated carbocycles. The molecule has 0 radical (unpaired) electrons. The molecule has 0 saturated heterocycles. The lowest BCUT2D eigenvalue weighted by Crippen LogP contribution is -2.17. The molecule has 1 N–H and O–H groups in total. The van der Waals surface area contributed by atoms with E-state index in [4.69, 9.17) is 0 Å². The van der Waals surface area contributed by atoms with E-state index in [0.29, 0.717) is 11.8 Å². The Morgan fingerprint density at radius 2 is 1.42 bits per heavy atom. The molecule has 57 heavy (non-hydrogen) atoms. The molecule has 0 aromatic heterocycles. The molecule has 2 unspecified atom stereocenters. The lowest BCUT2D eigenvalue weighted by atomic mass is 9.76. The van der Waals surface area contributed by atoms with Crippen LogP contribution < -0.4 is 5.32 Å². The molecular weight excluding hydrogens is 687 g/mol. The van der Waals surface area contributed by atoms with Gasteiger partial charge in [0.15, 0.2) is 0 Å². The number of aryl methyl sites for hydroxylation is 1. The number of rotatable bonds is 7. The summed E-state index contributed by atoms with van der Waals surface area (Å²) in [5.41, 5.74) is 21.4. The number of nitrogens with one attached hydrogen (secondary N) is 1. The van der Waals surface area contributed by atoms with Gasteiger partial charge < -0.3 is 5.32 Å². The summed E-state index contributed by atoms with van der Waals surface area (Å²) in [6.07, 6.45) is 22.2. The second-order valence-electron chi connectivity index (χ2n) is 17.0. The van der Waals surface area contributed by atoms with Gasteiger partial charge in [0, 0.05) is 34.1 Å². The van der Waals surface area contributed by atoms with Gasteiger partial charge in [0.05, 0.1) is 0 Å². The highest BCUT2D eigenvalue weighted by Gasteiger charge is 2.40. The standard InChI is InChI=1S/C31H30.C25H25N/c1-5-11-25-24(15-10-16-26(25)23-13-7-6-12-21(23)2)22-18-19-28-27-14-8-9-17-29(27)31(3,4)30(28)20-22;1-5-17(2)26-20-12-14-22-21-13-11-19(18-9-7-6-8-10-18)15-23(21)25(3,4)24(22)16-20/h5-17,19-20,22H,18H2,1-4H3;5-9,11-16,18,26H,1-2,10H2,3-4H3/b11-5+;. The first-order chi connectivity index (χ1) is 27.5. The lowest BCUT2D eigenvalue weighted by Gasteiger charge is -2.28. The van der Waals surface area contributed by atoms with Gasteiger partial charge in [0.2, 0.25) is 0 Å². The zero-order valence-electron chi connectivity index (χ0n) is 34.5.